The highest BCUT2D eigenvalue weighted by atomic mass is 16.3. The zero-order valence-electron chi connectivity index (χ0n) is 11.8. The molecule has 0 spiro atoms. The lowest BCUT2D eigenvalue weighted by Crippen LogP contribution is -2.32. The first-order valence-electron chi connectivity index (χ1n) is 7.46. The van der Waals surface area contributed by atoms with Crippen molar-refractivity contribution < 1.29 is 9.90 Å². The molecule has 1 heterocycles. The van der Waals surface area contributed by atoms with E-state index in [-0.39, 0.29) is 5.91 Å². The monoisotopic (exact) mass is 276 g/mol. The maximum absolute atomic E-state index is 11.8. The summed E-state index contributed by atoms with van der Waals surface area (Å²) in [5.74, 6) is 0.618. The summed E-state index contributed by atoms with van der Waals surface area (Å²) in [6, 6.07) is 9.56. The van der Waals surface area contributed by atoms with E-state index in [1.807, 2.05) is 30.3 Å². The Kier molecular flexibility index (Phi) is 6.02. The average Bonchev–Trinajstić information content (AvgIpc) is 2.49. The molecule has 1 aliphatic heterocycles. The first-order valence-corrected chi connectivity index (χ1v) is 7.46. The number of carbonyl (C=O) groups excluding carboxylic acids is 1. The Balaban J connectivity index is 1.63. The van der Waals surface area contributed by atoms with E-state index < -0.39 is 6.10 Å². The van der Waals surface area contributed by atoms with Crippen LogP contribution in [0.25, 0.3) is 0 Å². The number of carbonyl (C=O) groups is 1. The standard InChI is InChI=1S/C16H24N2O2/c19-15(14-4-2-1-3-5-14)8-11-18-16(20)12-13-6-9-17-10-7-13/h1-5,13,15,17,19H,6-12H2,(H,18,20). The van der Waals surface area contributed by atoms with E-state index in [9.17, 15) is 9.90 Å². The fraction of sp³-hybridized carbons (Fsp3) is 0.562. The average molecular weight is 276 g/mol. The molecule has 1 atom stereocenters. The number of hydrogen-bond donors (Lipinski definition) is 3. The van der Waals surface area contributed by atoms with Gasteiger partial charge >= 0.3 is 0 Å². The lowest BCUT2D eigenvalue weighted by Gasteiger charge is -2.22. The Labute approximate surface area is 120 Å². The largest absolute Gasteiger partial charge is 0.388 e. The number of aliphatic hydroxyl groups is 1. The van der Waals surface area contributed by atoms with Gasteiger partial charge in [-0.2, -0.15) is 0 Å². The first-order chi connectivity index (χ1) is 9.75. The molecule has 0 aliphatic carbocycles. The molecule has 4 heteroatoms. The second-order valence-electron chi connectivity index (χ2n) is 5.46. The van der Waals surface area contributed by atoms with Gasteiger partial charge in [0, 0.05) is 13.0 Å². The zero-order chi connectivity index (χ0) is 14.2. The molecule has 1 saturated heterocycles. The van der Waals surface area contributed by atoms with Crippen molar-refractivity contribution in [3.8, 4) is 0 Å². The maximum Gasteiger partial charge on any atom is 0.220 e. The van der Waals surface area contributed by atoms with Gasteiger partial charge in [0.15, 0.2) is 0 Å². The summed E-state index contributed by atoms with van der Waals surface area (Å²) in [5.41, 5.74) is 0.903. The first kappa shape index (κ1) is 15.0. The highest BCUT2D eigenvalue weighted by Crippen LogP contribution is 2.16. The number of benzene rings is 1. The van der Waals surface area contributed by atoms with E-state index in [0.29, 0.717) is 25.3 Å². The van der Waals surface area contributed by atoms with Crippen molar-refractivity contribution in [2.24, 2.45) is 5.92 Å². The number of hydrogen-bond acceptors (Lipinski definition) is 3. The lowest BCUT2D eigenvalue weighted by molar-refractivity contribution is -0.122. The van der Waals surface area contributed by atoms with Crippen molar-refractivity contribution in [1.82, 2.24) is 10.6 Å². The number of amides is 1. The second kappa shape index (κ2) is 8.02. The third-order valence-corrected chi connectivity index (χ3v) is 3.86. The van der Waals surface area contributed by atoms with E-state index >= 15 is 0 Å². The van der Waals surface area contributed by atoms with Crippen LogP contribution >= 0.6 is 0 Å². The summed E-state index contributed by atoms with van der Waals surface area (Å²) >= 11 is 0. The van der Waals surface area contributed by atoms with Crippen LogP contribution in [0.2, 0.25) is 0 Å². The predicted octanol–water partition coefficient (Wildman–Crippen LogP) is 1.62. The molecule has 1 aromatic carbocycles. The Morgan fingerprint density at radius 1 is 1.30 bits per heavy atom. The van der Waals surface area contributed by atoms with Crippen molar-refractivity contribution in [3.63, 3.8) is 0 Å². The van der Waals surface area contributed by atoms with Gasteiger partial charge in [0.05, 0.1) is 6.10 Å². The van der Waals surface area contributed by atoms with Crippen molar-refractivity contribution in [1.29, 1.82) is 0 Å². The minimum Gasteiger partial charge on any atom is -0.388 e. The summed E-state index contributed by atoms with van der Waals surface area (Å²) in [7, 11) is 0. The summed E-state index contributed by atoms with van der Waals surface area (Å²) in [4.78, 5) is 11.8. The van der Waals surface area contributed by atoms with E-state index in [2.05, 4.69) is 10.6 Å². The molecule has 0 aromatic heterocycles. The molecule has 20 heavy (non-hydrogen) atoms. The summed E-state index contributed by atoms with van der Waals surface area (Å²) in [6.07, 6.45) is 2.83. The third-order valence-electron chi connectivity index (χ3n) is 3.86. The third kappa shape index (κ3) is 4.94. The Bertz CT molecular complexity index is 402. The van der Waals surface area contributed by atoms with Crippen LogP contribution in [0.1, 0.15) is 37.4 Å². The van der Waals surface area contributed by atoms with Crippen LogP contribution in [-0.2, 0) is 4.79 Å². The van der Waals surface area contributed by atoms with Gasteiger partial charge in [-0.25, -0.2) is 0 Å². The number of piperidine rings is 1. The molecule has 1 aliphatic rings. The highest BCUT2D eigenvalue weighted by Gasteiger charge is 2.16. The second-order valence-corrected chi connectivity index (χ2v) is 5.46. The number of aliphatic hydroxyl groups excluding tert-OH is 1. The molecular formula is C16H24N2O2. The van der Waals surface area contributed by atoms with E-state index in [1.165, 1.54) is 0 Å². The molecule has 4 nitrogen and oxygen atoms in total. The minimum absolute atomic E-state index is 0.108. The predicted molar refractivity (Wildman–Crippen MR) is 79.2 cm³/mol. The molecule has 1 fully saturated rings. The molecule has 0 saturated carbocycles. The van der Waals surface area contributed by atoms with Gasteiger partial charge in [0.1, 0.15) is 0 Å². The van der Waals surface area contributed by atoms with Crippen LogP contribution in [0, 0.1) is 5.92 Å². The van der Waals surface area contributed by atoms with Gasteiger partial charge in [0.2, 0.25) is 5.91 Å². The van der Waals surface area contributed by atoms with Crippen molar-refractivity contribution in [3.05, 3.63) is 35.9 Å². The molecular weight excluding hydrogens is 252 g/mol. The molecule has 0 bridgehead atoms. The zero-order valence-corrected chi connectivity index (χ0v) is 11.8. The van der Waals surface area contributed by atoms with Gasteiger partial charge in [-0.05, 0) is 43.8 Å². The molecule has 110 valence electrons. The maximum atomic E-state index is 11.8. The fourth-order valence-corrected chi connectivity index (χ4v) is 2.61. The van der Waals surface area contributed by atoms with Gasteiger partial charge in [0.25, 0.3) is 0 Å². The molecule has 2 rings (SSSR count). The smallest absolute Gasteiger partial charge is 0.220 e. The van der Waals surface area contributed by atoms with Crippen molar-refractivity contribution in [2.75, 3.05) is 19.6 Å². The Morgan fingerprint density at radius 3 is 2.70 bits per heavy atom. The van der Waals surface area contributed by atoms with Crippen LogP contribution in [0.5, 0.6) is 0 Å². The van der Waals surface area contributed by atoms with Crippen molar-refractivity contribution >= 4 is 5.91 Å². The summed E-state index contributed by atoms with van der Waals surface area (Å²) < 4.78 is 0. The molecule has 1 unspecified atom stereocenters. The van der Waals surface area contributed by atoms with Gasteiger partial charge < -0.3 is 15.7 Å². The van der Waals surface area contributed by atoms with Crippen LogP contribution in [-0.4, -0.2) is 30.6 Å². The lowest BCUT2D eigenvalue weighted by atomic mass is 9.94. The van der Waals surface area contributed by atoms with Gasteiger partial charge in [-0.15, -0.1) is 0 Å². The van der Waals surface area contributed by atoms with E-state index in [1.54, 1.807) is 0 Å². The van der Waals surface area contributed by atoms with Crippen LogP contribution in [0.3, 0.4) is 0 Å². The SMILES string of the molecule is O=C(CC1CCNCC1)NCCC(O)c1ccccc1. The number of rotatable bonds is 6. The molecule has 0 radical (unpaired) electrons. The van der Waals surface area contributed by atoms with E-state index in [4.69, 9.17) is 0 Å². The topological polar surface area (TPSA) is 61.4 Å². The highest BCUT2D eigenvalue weighted by molar-refractivity contribution is 5.76. The summed E-state index contributed by atoms with van der Waals surface area (Å²) in [6.45, 7) is 2.56. The van der Waals surface area contributed by atoms with E-state index in [0.717, 1.165) is 31.5 Å². The Hall–Kier alpha value is -1.39. The van der Waals surface area contributed by atoms with Crippen LogP contribution in [0.15, 0.2) is 30.3 Å². The van der Waals surface area contributed by atoms with Gasteiger partial charge in [-0.1, -0.05) is 30.3 Å². The van der Waals surface area contributed by atoms with Crippen LogP contribution in [0.4, 0.5) is 0 Å². The summed E-state index contributed by atoms with van der Waals surface area (Å²) in [5, 5.41) is 16.2. The minimum atomic E-state index is -0.504. The van der Waals surface area contributed by atoms with Crippen molar-refractivity contribution in [2.45, 2.75) is 31.8 Å². The fourth-order valence-electron chi connectivity index (χ4n) is 2.61. The molecule has 1 amide bonds. The Morgan fingerprint density at radius 2 is 2.00 bits per heavy atom. The molecule has 3 N–H and O–H groups in total. The van der Waals surface area contributed by atoms with Crippen LogP contribution < -0.4 is 10.6 Å². The molecule has 1 aromatic rings. The number of nitrogens with one attached hydrogen (secondary N) is 2. The van der Waals surface area contributed by atoms with Gasteiger partial charge in [-0.3, -0.25) is 4.79 Å². The quantitative estimate of drug-likeness (QED) is 0.740. The normalized spacial score (nSPS) is 17.6.